The molecular weight excluding hydrogens is 424 g/mol. The van der Waals surface area contributed by atoms with Gasteiger partial charge in [0.1, 0.15) is 17.8 Å². The summed E-state index contributed by atoms with van der Waals surface area (Å²) >= 11 is 3.39. The fraction of sp³-hybridized carbons (Fsp3) is 0.200. The van der Waals surface area contributed by atoms with Crippen molar-refractivity contribution < 1.29 is 14.2 Å². The average molecular weight is 445 g/mol. The zero-order valence-electron chi connectivity index (χ0n) is 15.6. The highest BCUT2D eigenvalue weighted by Gasteiger charge is 2.11. The lowest BCUT2D eigenvalue weighted by Gasteiger charge is -2.12. The lowest BCUT2D eigenvalue weighted by atomic mass is 10.1. The lowest BCUT2D eigenvalue weighted by Crippen LogP contribution is -2.10. The number of anilines is 2. The van der Waals surface area contributed by atoms with E-state index in [0.717, 1.165) is 16.5 Å². The van der Waals surface area contributed by atoms with Crippen LogP contribution < -0.4 is 25.3 Å². The van der Waals surface area contributed by atoms with Crippen LogP contribution in [0.5, 0.6) is 23.1 Å². The van der Waals surface area contributed by atoms with Crippen molar-refractivity contribution in [2.45, 2.75) is 6.42 Å². The van der Waals surface area contributed by atoms with E-state index in [4.69, 9.17) is 19.9 Å². The highest BCUT2D eigenvalue weighted by Crippen LogP contribution is 2.30. The third-order valence-corrected chi connectivity index (χ3v) is 4.56. The molecule has 0 unspecified atom stereocenters. The fourth-order valence-corrected chi connectivity index (χ4v) is 2.84. The first-order valence-corrected chi connectivity index (χ1v) is 9.38. The molecule has 0 aliphatic carbocycles. The first-order chi connectivity index (χ1) is 13.6. The van der Waals surface area contributed by atoms with Crippen LogP contribution >= 0.6 is 15.9 Å². The molecule has 0 saturated heterocycles. The second-order valence-electron chi connectivity index (χ2n) is 5.86. The normalized spacial score (nSPS) is 10.4. The molecule has 3 N–H and O–H groups in total. The average Bonchev–Trinajstić information content (AvgIpc) is 2.72. The van der Waals surface area contributed by atoms with Gasteiger partial charge in [-0.25, -0.2) is 4.98 Å². The molecule has 146 valence electrons. The van der Waals surface area contributed by atoms with Crippen LogP contribution in [0.25, 0.3) is 0 Å². The third-order valence-electron chi connectivity index (χ3n) is 4.03. The van der Waals surface area contributed by atoms with Crippen LogP contribution in [0.3, 0.4) is 0 Å². The number of nitrogens with one attached hydrogen (secondary N) is 1. The number of methoxy groups -OCH3 is 2. The summed E-state index contributed by atoms with van der Waals surface area (Å²) in [6.45, 7) is 0.633. The molecule has 3 rings (SSSR count). The van der Waals surface area contributed by atoms with Gasteiger partial charge in [0.25, 0.3) is 0 Å². The standard InChI is InChI=1S/C20H21BrN4O3/c1-26-16-8-3-13(11-17(16)27-2)9-10-23-19-18(22)20(25-12-24-19)28-15-6-4-14(21)5-7-15/h3-8,11-12H,9-10,22H2,1-2H3,(H,23,24,25). The molecule has 3 aromatic rings. The van der Waals surface area contributed by atoms with E-state index >= 15 is 0 Å². The Balaban J connectivity index is 1.64. The lowest BCUT2D eigenvalue weighted by molar-refractivity contribution is 0.354. The highest BCUT2D eigenvalue weighted by molar-refractivity contribution is 9.10. The van der Waals surface area contributed by atoms with Crippen molar-refractivity contribution in [1.29, 1.82) is 0 Å². The number of rotatable bonds is 8. The molecule has 0 radical (unpaired) electrons. The van der Waals surface area contributed by atoms with Gasteiger partial charge in [0.2, 0.25) is 5.88 Å². The number of nitrogen functional groups attached to an aromatic ring is 1. The smallest absolute Gasteiger partial charge is 0.248 e. The molecule has 8 heteroatoms. The summed E-state index contributed by atoms with van der Waals surface area (Å²) in [6, 6.07) is 13.3. The van der Waals surface area contributed by atoms with E-state index in [1.165, 1.54) is 6.33 Å². The maximum Gasteiger partial charge on any atom is 0.248 e. The molecule has 2 aromatic carbocycles. The number of benzene rings is 2. The molecule has 0 fully saturated rings. The molecule has 0 aliphatic rings. The number of ether oxygens (including phenoxy) is 3. The summed E-state index contributed by atoms with van der Waals surface area (Å²) in [7, 11) is 3.24. The molecule has 0 amide bonds. The number of hydrogen-bond acceptors (Lipinski definition) is 7. The Kier molecular flexibility index (Phi) is 6.54. The fourth-order valence-electron chi connectivity index (χ4n) is 2.58. The van der Waals surface area contributed by atoms with Gasteiger partial charge in [-0.05, 0) is 48.4 Å². The first kappa shape index (κ1) is 19.8. The van der Waals surface area contributed by atoms with Gasteiger partial charge in [0.15, 0.2) is 17.3 Å². The Hall–Kier alpha value is -3.00. The van der Waals surface area contributed by atoms with Gasteiger partial charge in [-0.15, -0.1) is 0 Å². The van der Waals surface area contributed by atoms with E-state index in [1.54, 1.807) is 14.2 Å². The SMILES string of the molecule is COc1ccc(CCNc2ncnc(Oc3ccc(Br)cc3)c2N)cc1OC. The van der Waals surface area contributed by atoms with Crippen LogP contribution in [-0.4, -0.2) is 30.7 Å². The van der Waals surface area contributed by atoms with E-state index in [9.17, 15) is 0 Å². The van der Waals surface area contributed by atoms with Crippen LogP contribution in [0.2, 0.25) is 0 Å². The van der Waals surface area contributed by atoms with Crippen LogP contribution in [0, 0.1) is 0 Å². The zero-order valence-corrected chi connectivity index (χ0v) is 17.2. The quantitative estimate of drug-likeness (QED) is 0.535. The minimum Gasteiger partial charge on any atom is -0.493 e. The molecule has 0 atom stereocenters. The van der Waals surface area contributed by atoms with Crippen LogP contribution in [0.1, 0.15) is 5.56 Å². The number of aromatic nitrogens is 2. The van der Waals surface area contributed by atoms with Gasteiger partial charge in [-0.2, -0.15) is 4.98 Å². The van der Waals surface area contributed by atoms with E-state index in [2.05, 4.69) is 31.2 Å². The third kappa shape index (κ3) is 4.83. The van der Waals surface area contributed by atoms with Gasteiger partial charge in [-0.3, -0.25) is 0 Å². The maximum absolute atomic E-state index is 6.17. The molecule has 0 bridgehead atoms. The summed E-state index contributed by atoms with van der Waals surface area (Å²) in [6.07, 6.45) is 2.18. The van der Waals surface area contributed by atoms with Crippen molar-refractivity contribution in [2.24, 2.45) is 0 Å². The summed E-state index contributed by atoms with van der Waals surface area (Å²) in [5.41, 5.74) is 7.63. The van der Waals surface area contributed by atoms with E-state index in [-0.39, 0.29) is 0 Å². The number of nitrogens with two attached hydrogens (primary N) is 1. The summed E-state index contributed by atoms with van der Waals surface area (Å²) < 4.78 is 17.3. The Morgan fingerprint density at radius 2 is 1.75 bits per heavy atom. The second kappa shape index (κ2) is 9.27. The molecule has 1 aromatic heterocycles. The molecule has 28 heavy (non-hydrogen) atoms. The molecule has 0 spiro atoms. The minimum absolute atomic E-state index is 0.311. The van der Waals surface area contributed by atoms with Crippen molar-refractivity contribution in [3.05, 3.63) is 58.8 Å². The predicted octanol–water partition coefficient (Wildman–Crippen LogP) is 4.29. The van der Waals surface area contributed by atoms with Crippen LogP contribution in [-0.2, 0) is 6.42 Å². The van der Waals surface area contributed by atoms with Gasteiger partial charge < -0.3 is 25.3 Å². The first-order valence-electron chi connectivity index (χ1n) is 8.59. The van der Waals surface area contributed by atoms with Crippen molar-refractivity contribution in [3.8, 4) is 23.1 Å². The zero-order chi connectivity index (χ0) is 19.9. The van der Waals surface area contributed by atoms with E-state index < -0.39 is 0 Å². The van der Waals surface area contributed by atoms with Gasteiger partial charge in [-0.1, -0.05) is 22.0 Å². The Morgan fingerprint density at radius 1 is 1.00 bits per heavy atom. The number of hydrogen-bond donors (Lipinski definition) is 2. The minimum atomic E-state index is 0.311. The highest BCUT2D eigenvalue weighted by atomic mass is 79.9. The van der Waals surface area contributed by atoms with E-state index in [1.807, 2.05) is 42.5 Å². The second-order valence-corrected chi connectivity index (χ2v) is 6.78. The molecule has 7 nitrogen and oxygen atoms in total. The van der Waals surface area contributed by atoms with E-state index in [0.29, 0.717) is 41.2 Å². The Bertz CT molecular complexity index is 935. The monoisotopic (exact) mass is 444 g/mol. The largest absolute Gasteiger partial charge is 0.493 e. The Morgan fingerprint density at radius 3 is 2.46 bits per heavy atom. The van der Waals surface area contributed by atoms with Gasteiger partial charge in [0, 0.05) is 11.0 Å². The maximum atomic E-state index is 6.17. The summed E-state index contributed by atoms with van der Waals surface area (Å²) in [4.78, 5) is 8.33. The molecule has 1 heterocycles. The van der Waals surface area contributed by atoms with Crippen LogP contribution in [0.4, 0.5) is 11.5 Å². The summed E-state index contributed by atoms with van der Waals surface area (Å²) in [5, 5.41) is 3.23. The van der Waals surface area contributed by atoms with Crippen molar-refractivity contribution in [2.75, 3.05) is 31.8 Å². The predicted molar refractivity (Wildman–Crippen MR) is 112 cm³/mol. The summed E-state index contributed by atoms with van der Waals surface area (Å²) in [5.74, 6) is 2.89. The van der Waals surface area contributed by atoms with Crippen molar-refractivity contribution in [1.82, 2.24) is 9.97 Å². The molecular formula is C20H21BrN4O3. The van der Waals surface area contributed by atoms with Crippen molar-refractivity contribution >= 4 is 27.4 Å². The van der Waals surface area contributed by atoms with Crippen molar-refractivity contribution in [3.63, 3.8) is 0 Å². The Labute approximate surface area is 172 Å². The topological polar surface area (TPSA) is 91.5 Å². The van der Waals surface area contributed by atoms with Gasteiger partial charge in [0.05, 0.1) is 14.2 Å². The number of halogens is 1. The van der Waals surface area contributed by atoms with Gasteiger partial charge >= 0.3 is 0 Å². The number of nitrogens with zero attached hydrogens (tertiary/aromatic N) is 2. The molecule has 0 saturated carbocycles. The van der Waals surface area contributed by atoms with Crippen LogP contribution in [0.15, 0.2) is 53.3 Å². The molecule has 0 aliphatic heterocycles.